The Bertz CT molecular complexity index is 2630. The lowest BCUT2D eigenvalue weighted by molar-refractivity contribution is 0.114. The quantitative estimate of drug-likeness (QED) is 0.233. The Morgan fingerprint density at radius 2 is 1.68 bits per heavy atom. The number of nitrogens with zero attached hydrogens (tertiary/aromatic N) is 1. The lowest BCUT2D eigenvalue weighted by atomic mass is 9.75. The monoisotopic (exact) mass is 773 g/mol. The zero-order valence-electron chi connectivity index (χ0n) is 34.3. The second-order valence-electron chi connectivity index (χ2n) is 18.5. The number of allylic oxidation sites excluding steroid dienone is 18. The Labute approximate surface area is 349 Å². The zero-order chi connectivity index (χ0) is 38.9. The molecule has 0 bridgehead atoms. The van der Waals surface area contributed by atoms with Crippen molar-refractivity contribution >= 4 is 27.8 Å². The Kier molecular flexibility index (Phi) is 8.92. The van der Waals surface area contributed by atoms with E-state index in [-0.39, 0.29) is 6.04 Å². The van der Waals surface area contributed by atoms with Crippen LogP contribution in [0.5, 0.6) is 0 Å². The Morgan fingerprint density at radius 1 is 0.695 bits per heavy atom. The summed E-state index contributed by atoms with van der Waals surface area (Å²) in [6.45, 7) is 0. The van der Waals surface area contributed by atoms with Gasteiger partial charge in [0.05, 0.1) is 6.04 Å². The predicted octanol–water partition coefficient (Wildman–Crippen LogP) is 14.2. The van der Waals surface area contributed by atoms with Crippen LogP contribution in [0.3, 0.4) is 0 Å². The first-order valence-corrected chi connectivity index (χ1v) is 22.9. The van der Waals surface area contributed by atoms with E-state index in [1.54, 1.807) is 27.9 Å². The van der Waals surface area contributed by atoms with Gasteiger partial charge in [0.15, 0.2) is 0 Å². The smallest absolute Gasteiger partial charge is 0.142 e. The number of hydrogen-bond acceptors (Lipinski definition) is 3. The molecule has 0 saturated heterocycles. The summed E-state index contributed by atoms with van der Waals surface area (Å²) in [4.78, 5) is 2.68. The molecule has 3 nitrogen and oxygen atoms in total. The molecule has 0 amide bonds. The number of furan rings is 1. The van der Waals surface area contributed by atoms with E-state index in [4.69, 9.17) is 9.15 Å². The van der Waals surface area contributed by atoms with Crippen LogP contribution in [0.1, 0.15) is 94.8 Å². The number of rotatable bonds is 6. The molecule has 12 rings (SSSR count). The maximum atomic E-state index is 6.83. The Morgan fingerprint density at radius 3 is 2.58 bits per heavy atom. The molecule has 0 N–H and O–H groups in total. The van der Waals surface area contributed by atoms with Crippen molar-refractivity contribution in [2.45, 2.75) is 102 Å². The van der Waals surface area contributed by atoms with E-state index in [1.165, 1.54) is 76.6 Å². The van der Waals surface area contributed by atoms with Crippen molar-refractivity contribution in [3.63, 3.8) is 0 Å². The largest absolute Gasteiger partial charge is 0.489 e. The van der Waals surface area contributed by atoms with Crippen molar-refractivity contribution < 1.29 is 9.15 Å². The van der Waals surface area contributed by atoms with Crippen LogP contribution in [0.15, 0.2) is 176 Å². The fourth-order valence-corrected chi connectivity index (χ4v) is 12.2. The van der Waals surface area contributed by atoms with Crippen LogP contribution < -0.4 is 0 Å². The Balaban J connectivity index is 0.832. The molecule has 2 heterocycles. The highest BCUT2D eigenvalue weighted by Gasteiger charge is 2.41. The topological polar surface area (TPSA) is 25.6 Å². The summed E-state index contributed by atoms with van der Waals surface area (Å²) in [5.74, 6) is 4.36. The first-order chi connectivity index (χ1) is 29.2. The van der Waals surface area contributed by atoms with E-state index < -0.39 is 0 Å². The molecule has 296 valence electrons. The second kappa shape index (κ2) is 14.8. The molecule has 8 aliphatic carbocycles. The molecule has 3 heteroatoms. The van der Waals surface area contributed by atoms with Crippen LogP contribution in [0, 0.1) is 23.7 Å². The lowest BCUT2D eigenvalue weighted by Gasteiger charge is -2.39. The minimum Gasteiger partial charge on any atom is -0.489 e. The molecule has 0 radical (unpaired) electrons. The molecule has 0 spiro atoms. The normalized spacial score (nSPS) is 29.6. The average molecular weight is 774 g/mol. The van der Waals surface area contributed by atoms with Crippen molar-refractivity contribution in [3.05, 3.63) is 183 Å². The summed E-state index contributed by atoms with van der Waals surface area (Å²) in [7, 11) is 0. The maximum Gasteiger partial charge on any atom is 0.142 e. The van der Waals surface area contributed by atoms with Crippen molar-refractivity contribution in [1.29, 1.82) is 0 Å². The highest BCUT2D eigenvalue weighted by molar-refractivity contribution is 6.07. The average Bonchev–Trinajstić information content (AvgIpc) is 3.88. The van der Waals surface area contributed by atoms with Crippen LogP contribution in [-0.4, -0.2) is 17.0 Å². The van der Waals surface area contributed by atoms with Crippen molar-refractivity contribution in [1.82, 2.24) is 4.90 Å². The summed E-state index contributed by atoms with van der Waals surface area (Å²) < 4.78 is 13.7. The Hall–Kier alpha value is -5.28. The second-order valence-corrected chi connectivity index (χ2v) is 18.5. The third kappa shape index (κ3) is 6.30. The highest BCUT2D eigenvalue weighted by Crippen LogP contribution is 2.50. The molecule has 3 aromatic rings. The van der Waals surface area contributed by atoms with Crippen LogP contribution >= 0.6 is 0 Å². The van der Waals surface area contributed by atoms with Crippen LogP contribution in [0.4, 0.5) is 0 Å². The van der Waals surface area contributed by atoms with Gasteiger partial charge >= 0.3 is 0 Å². The van der Waals surface area contributed by atoms with Gasteiger partial charge in [-0.3, -0.25) is 0 Å². The fraction of sp³-hybridized carbons (Fsp3) is 0.357. The van der Waals surface area contributed by atoms with E-state index >= 15 is 0 Å². The summed E-state index contributed by atoms with van der Waals surface area (Å²) >= 11 is 0. The number of benzene rings is 2. The van der Waals surface area contributed by atoms with E-state index in [0.717, 1.165) is 69.1 Å². The number of hydrogen-bond donors (Lipinski definition) is 0. The number of fused-ring (bicyclic) bond motifs is 7. The third-order valence-electron chi connectivity index (χ3n) is 15.3. The first-order valence-electron chi connectivity index (χ1n) is 22.9. The highest BCUT2D eigenvalue weighted by atomic mass is 16.5. The van der Waals surface area contributed by atoms with E-state index in [2.05, 4.69) is 132 Å². The van der Waals surface area contributed by atoms with Gasteiger partial charge in [0.2, 0.25) is 0 Å². The first kappa shape index (κ1) is 35.6. The molecule has 5 unspecified atom stereocenters. The standard InChI is InChI=1S/C56H55NO2/c1-2-10-39(11-3-1)48-15-8-16-50-52-34-43(24-32-53(52)58-55(48)50)38-21-27-45(28-22-38)57(44-25-19-37(20-26-44)42-18-17-36-9-4-5-13-41(36)33-42)46-29-31-49-51-30-23-40-12-6-7-14-47(40)56(51)59-54(49)35-46/h1-4,6-7,9-10,12,14-15,19,21,23,25,27-31,34,38-39,42,46,52-53H,5,8,11,13,16-18,20,22,24,26,32-33,35H2/t38?,39?,42-,46?,52?,53?/m1/s1. The van der Waals surface area contributed by atoms with Gasteiger partial charge in [0.25, 0.3) is 0 Å². The minimum absolute atomic E-state index is 0.193. The van der Waals surface area contributed by atoms with Crippen molar-refractivity contribution in [2.75, 3.05) is 0 Å². The molecule has 0 fully saturated rings. The maximum absolute atomic E-state index is 6.83. The van der Waals surface area contributed by atoms with Crippen molar-refractivity contribution in [2.24, 2.45) is 23.7 Å². The summed E-state index contributed by atoms with van der Waals surface area (Å²) in [6, 6.07) is 13.3. The van der Waals surface area contributed by atoms with Gasteiger partial charge in [0, 0.05) is 51.9 Å². The molecule has 2 aromatic carbocycles. The molecular formula is C56H55NO2. The van der Waals surface area contributed by atoms with Gasteiger partial charge in [-0.25, -0.2) is 0 Å². The van der Waals surface area contributed by atoms with Crippen LogP contribution in [-0.2, 0) is 11.2 Å². The SMILES string of the molecule is C1=CCC(C2=CCCC3=C2OC2CCC(C4C=CC(N(C5=CC=C([C@@H]6CCC7=C(CCC=C7)C6)CC5)C5C=Cc6c(oc7c6ccc6ccccc67)C5)=CC4)=CC32)C=C1. The minimum atomic E-state index is 0.193. The van der Waals surface area contributed by atoms with Crippen LogP contribution in [0.25, 0.3) is 27.8 Å². The predicted molar refractivity (Wildman–Crippen MR) is 242 cm³/mol. The molecule has 0 saturated carbocycles. The molecule has 59 heavy (non-hydrogen) atoms. The summed E-state index contributed by atoms with van der Waals surface area (Å²) in [5, 5.41) is 3.66. The summed E-state index contributed by atoms with van der Waals surface area (Å²) in [5.41, 5.74) is 14.7. The molecule has 1 aliphatic heterocycles. The summed E-state index contributed by atoms with van der Waals surface area (Å²) in [6.07, 6.45) is 52.6. The van der Waals surface area contributed by atoms with Gasteiger partial charge in [-0.15, -0.1) is 0 Å². The van der Waals surface area contributed by atoms with Gasteiger partial charge in [-0.1, -0.05) is 126 Å². The molecule has 9 aliphatic rings. The lowest BCUT2D eigenvalue weighted by Crippen LogP contribution is -2.36. The molecule has 6 atom stereocenters. The van der Waals surface area contributed by atoms with Crippen molar-refractivity contribution in [3.8, 4) is 0 Å². The molecular weight excluding hydrogens is 719 g/mol. The third-order valence-corrected chi connectivity index (χ3v) is 15.3. The van der Waals surface area contributed by atoms with Gasteiger partial charge in [0.1, 0.15) is 23.2 Å². The van der Waals surface area contributed by atoms with E-state index in [1.807, 2.05) is 0 Å². The fourth-order valence-electron chi connectivity index (χ4n) is 12.2. The van der Waals surface area contributed by atoms with Gasteiger partial charge in [-0.2, -0.15) is 0 Å². The van der Waals surface area contributed by atoms with E-state index in [9.17, 15) is 0 Å². The van der Waals surface area contributed by atoms with E-state index in [0.29, 0.717) is 29.8 Å². The molecule has 1 aromatic heterocycles. The van der Waals surface area contributed by atoms with Crippen LogP contribution in [0.2, 0.25) is 0 Å². The number of ether oxygens (including phenoxy) is 1. The van der Waals surface area contributed by atoms with Gasteiger partial charge < -0.3 is 14.1 Å². The zero-order valence-corrected chi connectivity index (χ0v) is 34.3. The van der Waals surface area contributed by atoms with Gasteiger partial charge in [-0.05, 0) is 130 Å².